The number of para-hydroxylation sites is 2. The molecule has 5 heteroatoms. The lowest BCUT2D eigenvalue weighted by molar-refractivity contribution is 0.104. The highest BCUT2D eigenvalue weighted by molar-refractivity contribution is 7.99. The van der Waals surface area contributed by atoms with E-state index >= 15 is 0 Å². The van der Waals surface area contributed by atoms with Crippen LogP contribution in [0.3, 0.4) is 0 Å². The van der Waals surface area contributed by atoms with Crippen LogP contribution in [0.25, 0.3) is 0 Å². The van der Waals surface area contributed by atoms with Crippen molar-refractivity contribution in [1.82, 2.24) is 5.32 Å². The van der Waals surface area contributed by atoms with Crippen LogP contribution in [0.2, 0.25) is 0 Å². The number of benzene rings is 2. The molecule has 132 valence electrons. The van der Waals surface area contributed by atoms with Crippen LogP contribution >= 0.6 is 11.8 Å². The Bertz CT molecular complexity index is 673. The second-order valence-electron chi connectivity index (χ2n) is 6.60. The van der Waals surface area contributed by atoms with Crippen LogP contribution < -0.4 is 10.2 Å². The predicted molar refractivity (Wildman–Crippen MR) is 102 cm³/mol. The second kappa shape index (κ2) is 7.79. The number of hydrogen-bond acceptors (Lipinski definition) is 5. The van der Waals surface area contributed by atoms with Gasteiger partial charge in [-0.05, 0) is 37.1 Å². The molecule has 0 radical (unpaired) electrons. The maximum Gasteiger partial charge on any atom is 0.0843 e. The largest absolute Gasteiger partial charge is 0.390 e. The van der Waals surface area contributed by atoms with Gasteiger partial charge in [-0.15, -0.1) is 0 Å². The summed E-state index contributed by atoms with van der Waals surface area (Å²) in [5, 5.41) is 13.9. The van der Waals surface area contributed by atoms with Gasteiger partial charge >= 0.3 is 0 Å². The van der Waals surface area contributed by atoms with Crippen LogP contribution in [0.1, 0.15) is 12.8 Å². The molecule has 4 rings (SSSR count). The van der Waals surface area contributed by atoms with E-state index in [0.29, 0.717) is 19.2 Å². The maximum atomic E-state index is 10.6. The molecule has 0 aromatic heterocycles. The lowest BCUT2D eigenvalue weighted by Crippen LogP contribution is -2.39. The number of nitrogens with one attached hydrogen (secondary N) is 1. The minimum Gasteiger partial charge on any atom is -0.390 e. The molecule has 0 bridgehead atoms. The number of anilines is 2. The molecule has 2 unspecified atom stereocenters. The van der Waals surface area contributed by atoms with Crippen LogP contribution in [0, 0.1) is 0 Å². The van der Waals surface area contributed by atoms with Crippen LogP contribution in [0.4, 0.5) is 11.4 Å². The molecule has 2 atom stereocenters. The van der Waals surface area contributed by atoms with Crippen molar-refractivity contribution in [2.45, 2.75) is 34.8 Å². The summed E-state index contributed by atoms with van der Waals surface area (Å²) in [5.41, 5.74) is 2.34. The van der Waals surface area contributed by atoms with E-state index in [9.17, 15) is 5.11 Å². The van der Waals surface area contributed by atoms with Gasteiger partial charge in [0, 0.05) is 29.5 Å². The fourth-order valence-electron chi connectivity index (χ4n) is 3.47. The van der Waals surface area contributed by atoms with Gasteiger partial charge in [0.15, 0.2) is 0 Å². The summed E-state index contributed by atoms with van der Waals surface area (Å²) in [6, 6.07) is 16.8. The smallest absolute Gasteiger partial charge is 0.0843 e. The third-order valence-electron chi connectivity index (χ3n) is 4.70. The van der Waals surface area contributed by atoms with Gasteiger partial charge in [-0.3, -0.25) is 0 Å². The predicted octanol–water partition coefficient (Wildman–Crippen LogP) is 3.42. The van der Waals surface area contributed by atoms with E-state index in [1.165, 1.54) is 21.2 Å². The number of aliphatic hydroxyl groups excluding tert-OH is 1. The summed E-state index contributed by atoms with van der Waals surface area (Å²) >= 11 is 1.79. The monoisotopic (exact) mass is 356 g/mol. The molecule has 4 nitrogen and oxygen atoms in total. The van der Waals surface area contributed by atoms with Crippen molar-refractivity contribution >= 4 is 23.1 Å². The summed E-state index contributed by atoms with van der Waals surface area (Å²) in [6.45, 7) is 2.84. The minimum atomic E-state index is -0.439. The Morgan fingerprint density at radius 2 is 1.80 bits per heavy atom. The molecule has 0 aliphatic carbocycles. The standard InChI is InChI=1S/C20H24N2O2S/c23-15(12-21-13-16-6-5-11-24-16)14-22-17-7-1-3-9-19(17)25-20-10-4-2-8-18(20)22/h1-4,7-10,15-16,21,23H,5-6,11-14H2. The maximum absolute atomic E-state index is 10.6. The van der Waals surface area contributed by atoms with Gasteiger partial charge in [-0.2, -0.15) is 0 Å². The van der Waals surface area contributed by atoms with Crippen LogP contribution in [-0.2, 0) is 4.74 Å². The summed E-state index contributed by atoms with van der Waals surface area (Å²) in [6.07, 6.45) is 2.13. The second-order valence-corrected chi connectivity index (χ2v) is 7.68. The van der Waals surface area contributed by atoms with Crippen molar-refractivity contribution in [3.8, 4) is 0 Å². The minimum absolute atomic E-state index is 0.306. The molecule has 25 heavy (non-hydrogen) atoms. The summed E-state index contributed by atoms with van der Waals surface area (Å²) in [5.74, 6) is 0. The van der Waals surface area contributed by atoms with E-state index in [1.54, 1.807) is 11.8 Å². The lowest BCUT2D eigenvalue weighted by atomic mass is 10.2. The zero-order chi connectivity index (χ0) is 17.1. The van der Waals surface area contributed by atoms with Crippen molar-refractivity contribution in [2.75, 3.05) is 31.1 Å². The highest BCUT2D eigenvalue weighted by Crippen LogP contribution is 2.47. The fourth-order valence-corrected chi connectivity index (χ4v) is 4.57. The molecule has 0 amide bonds. The average molecular weight is 356 g/mol. The van der Waals surface area contributed by atoms with Crippen LogP contribution in [0.15, 0.2) is 58.3 Å². The number of nitrogens with zero attached hydrogens (tertiary/aromatic N) is 1. The van der Waals surface area contributed by atoms with Gasteiger partial charge in [-0.25, -0.2) is 0 Å². The molecular formula is C20H24N2O2S. The Labute approximate surface area is 153 Å². The number of fused-ring (bicyclic) bond motifs is 2. The molecule has 2 aliphatic heterocycles. The van der Waals surface area contributed by atoms with Gasteiger partial charge in [0.05, 0.1) is 30.1 Å². The van der Waals surface area contributed by atoms with E-state index in [-0.39, 0.29) is 0 Å². The number of β-amino-alcohol motifs (C(OH)–C–C–N with tert-alkyl or cyclic N) is 1. The molecule has 0 saturated carbocycles. The molecule has 2 heterocycles. The van der Waals surface area contributed by atoms with Crippen molar-refractivity contribution in [1.29, 1.82) is 0 Å². The first-order valence-electron chi connectivity index (χ1n) is 8.95. The van der Waals surface area contributed by atoms with E-state index < -0.39 is 6.10 Å². The quantitative estimate of drug-likeness (QED) is 0.830. The topological polar surface area (TPSA) is 44.7 Å². The van der Waals surface area contributed by atoms with Crippen molar-refractivity contribution in [3.05, 3.63) is 48.5 Å². The van der Waals surface area contributed by atoms with Gasteiger partial charge in [0.25, 0.3) is 0 Å². The van der Waals surface area contributed by atoms with E-state index in [2.05, 4.69) is 58.7 Å². The lowest BCUT2D eigenvalue weighted by Gasteiger charge is -2.34. The number of aliphatic hydroxyl groups is 1. The average Bonchev–Trinajstić information content (AvgIpc) is 3.15. The Morgan fingerprint density at radius 1 is 1.12 bits per heavy atom. The molecule has 2 aromatic rings. The number of rotatable bonds is 6. The Kier molecular flexibility index (Phi) is 5.27. The molecule has 1 saturated heterocycles. The Hall–Kier alpha value is -1.53. The van der Waals surface area contributed by atoms with Gasteiger partial charge in [0.1, 0.15) is 0 Å². The molecule has 2 aliphatic rings. The van der Waals surface area contributed by atoms with E-state index in [4.69, 9.17) is 4.74 Å². The first-order valence-corrected chi connectivity index (χ1v) is 9.77. The normalized spacial score (nSPS) is 20.2. The Morgan fingerprint density at radius 3 is 2.44 bits per heavy atom. The number of ether oxygens (including phenoxy) is 1. The summed E-state index contributed by atoms with van der Waals surface area (Å²) in [4.78, 5) is 4.71. The fraction of sp³-hybridized carbons (Fsp3) is 0.400. The third-order valence-corrected chi connectivity index (χ3v) is 5.83. The van der Waals surface area contributed by atoms with Gasteiger partial charge < -0.3 is 20.1 Å². The zero-order valence-electron chi connectivity index (χ0n) is 14.2. The molecule has 1 fully saturated rings. The van der Waals surface area contributed by atoms with Crippen molar-refractivity contribution in [3.63, 3.8) is 0 Å². The highest BCUT2D eigenvalue weighted by Gasteiger charge is 2.24. The van der Waals surface area contributed by atoms with E-state index in [0.717, 1.165) is 26.0 Å². The van der Waals surface area contributed by atoms with Crippen molar-refractivity contribution < 1.29 is 9.84 Å². The summed E-state index contributed by atoms with van der Waals surface area (Å²) in [7, 11) is 0. The molecule has 2 N–H and O–H groups in total. The van der Waals surface area contributed by atoms with Gasteiger partial charge in [0.2, 0.25) is 0 Å². The number of hydrogen-bond donors (Lipinski definition) is 2. The zero-order valence-corrected chi connectivity index (χ0v) is 15.0. The SMILES string of the molecule is OC(CNCC1CCCO1)CN1c2ccccc2Sc2ccccc21. The molecule has 2 aromatic carbocycles. The molecular weight excluding hydrogens is 332 g/mol. The first kappa shape index (κ1) is 16.9. The van der Waals surface area contributed by atoms with Gasteiger partial charge in [-0.1, -0.05) is 36.0 Å². The van der Waals surface area contributed by atoms with E-state index in [1.807, 2.05) is 0 Å². The molecule has 0 spiro atoms. The summed E-state index contributed by atoms with van der Waals surface area (Å²) < 4.78 is 5.62. The van der Waals surface area contributed by atoms with Crippen LogP contribution in [0.5, 0.6) is 0 Å². The highest BCUT2D eigenvalue weighted by atomic mass is 32.2. The third kappa shape index (κ3) is 3.85. The first-order chi connectivity index (χ1) is 12.3. The Balaban J connectivity index is 1.44. The van der Waals surface area contributed by atoms with Crippen molar-refractivity contribution in [2.24, 2.45) is 0 Å². The van der Waals surface area contributed by atoms with Crippen LogP contribution in [-0.4, -0.2) is 43.6 Å².